The molecule has 0 bridgehead atoms. The van der Waals surface area contributed by atoms with Crippen molar-refractivity contribution in [3.05, 3.63) is 54.6 Å². The van der Waals surface area contributed by atoms with Gasteiger partial charge >= 0.3 is 0 Å². The zero-order valence-electron chi connectivity index (χ0n) is 10.6. The Morgan fingerprint density at radius 2 is 1.78 bits per heavy atom. The second-order valence-corrected chi connectivity index (χ2v) is 5.56. The molecule has 0 fully saturated rings. The van der Waals surface area contributed by atoms with E-state index in [0.29, 0.717) is 5.57 Å². The van der Waals surface area contributed by atoms with Gasteiger partial charge in [0, 0.05) is 10.5 Å². The minimum Gasteiger partial charge on any atom is -0.282 e. The van der Waals surface area contributed by atoms with Gasteiger partial charge in [-0.25, -0.2) is 0 Å². The molecule has 0 aliphatic heterocycles. The fourth-order valence-electron chi connectivity index (χ4n) is 1.69. The first-order valence-corrected chi connectivity index (χ1v) is 6.80. The lowest BCUT2D eigenvalue weighted by molar-refractivity contribution is -0.108. The predicted octanol–water partition coefficient (Wildman–Crippen LogP) is 4.67. The van der Waals surface area contributed by atoms with E-state index in [1.165, 1.54) is 11.8 Å². The number of carbonyl (C=O) groups excluding carboxylic acids is 1. The summed E-state index contributed by atoms with van der Waals surface area (Å²) in [5.41, 5.74) is 0.674. The van der Waals surface area contributed by atoms with Crippen LogP contribution in [0.3, 0.4) is 0 Å². The summed E-state index contributed by atoms with van der Waals surface area (Å²) >= 11 is 1.27. The zero-order chi connectivity index (χ0) is 13.1. The zero-order valence-corrected chi connectivity index (χ0v) is 11.5. The normalized spacial score (nSPS) is 10.8. The van der Waals surface area contributed by atoms with Crippen LogP contribution in [0.1, 0.15) is 13.8 Å². The molecule has 2 rings (SSSR count). The van der Waals surface area contributed by atoms with Crippen LogP contribution in [-0.2, 0) is 4.79 Å². The molecular weight excluding hydrogens is 240 g/mol. The van der Waals surface area contributed by atoms with Gasteiger partial charge in [-0.2, -0.15) is 0 Å². The molecular formula is C16H16OS. The van der Waals surface area contributed by atoms with Crippen LogP contribution in [0.15, 0.2) is 59.5 Å². The Hall–Kier alpha value is -1.54. The van der Waals surface area contributed by atoms with E-state index in [9.17, 15) is 4.79 Å². The molecule has 0 saturated heterocycles. The van der Waals surface area contributed by atoms with Crippen LogP contribution in [0.5, 0.6) is 0 Å². The highest BCUT2D eigenvalue weighted by molar-refractivity contribution is 8.14. The second kappa shape index (κ2) is 5.40. The molecule has 0 aromatic heterocycles. The SMILES string of the molecule is C=C(C(=O)Sc1cccc2ccccc12)C(C)C. The van der Waals surface area contributed by atoms with Crippen molar-refractivity contribution in [2.45, 2.75) is 18.7 Å². The highest BCUT2D eigenvalue weighted by atomic mass is 32.2. The minimum atomic E-state index is 0.0568. The largest absolute Gasteiger partial charge is 0.282 e. The molecule has 0 N–H and O–H groups in total. The molecule has 92 valence electrons. The van der Waals surface area contributed by atoms with Crippen LogP contribution in [0.25, 0.3) is 10.8 Å². The smallest absolute Gasteiger partial charge is 0.219 e. The summed E-state index contributed by atoms with van der Waals surface area (Å²) in [4.78, 5) is 13.1. The van der Waals surface area contributed by atoms with Gasteiger partial charge in [-0.05, 0) is 34.5 Å². The van der Waals surface area contributed by atoms with E-state index in [1.807, 2.05) is 44.2 Å². The van der Waals surface area contributed by atoms with Gasteiger partial charge in [0.05, 0.1) is 0 Å². The van der Waals surface area contributed by atoms with Crippen LogP contribution in [-0.4, -0.2) is 5.12 Å². The second-order valence-electron chi connectivity index (χ2n) is 4.55. The fraction of sp³-hybridized carbons (Fsp3) is 0.188. The molecule has 0 aliphatic rings. The lowest BCUT2D eigenvalue weighted by atomic mass is 10.1. The van der Waals surface area contributed by atoms with Gasteiger partial charge in [-0.15, -0.1) is 0 Å². The van der Waals surface area contributed by atoms with Gasteiger partial charge in [0.25, 0.3) is 0 Å². The first-order valence-electron chi connectivity index (χ1n) is 5.98. The van der Waals surface area contributed by atoms with Crippen LogP contribution in [0, 0.1) is 5.92 Å². The van der Waals surface area contributed by atoms with Gasteiger partial charge < -0.3 is 0 Å². The fourth-order valence-corrected chi connectivity index (χ4v) is 2.69. The summed E-state index contributed by atoms with van der Waals surface area (Å²) in [6.07, 6.45) is 0. The molecule has 2 aromatic carbocycles. The Labute approximate surface area is 112 Å². The quantitative estimate of drug-likeness (QED) is 0.586. The summed E-state index contributed by atoms with van der Waals surface area (Å²) in [7, 11) is 0. The van der Waals surface area contributed by atoms with Crippen LogP contribution in [0.2, 0.25) is 0 Å². The van der Waals surface area contributed by atoms with Crippen LogP contribution in [0.4, 0.5) is 0 Å². The summed E-state index contributed by atoms with van der Waals surface area (Å²) in [6.45, 7) is 7.84. The van der Waals surface area contributed by atoms with E-state index in [-0.39, 0.29) is 11.0 Å². The Kier molecular flexibility index (Phi) is 3.87. The summed E-state index contributed by atoms with van der Waals surface area (Å²) < 4.78 is 0. The van der Waals surface area contributed by atoms with Crippen molar-refractivity contribution in [3.8, 4) is 0 Å². The third-order valence-electron chi connectivity index (χ3n) is 2.91. The van der Waals surface area contributed by atoms with Gasteiger partial charge in [0.1, 0.15) is 0 Å². The number of hydrogen-bond donors (Lipinski definition) is 0. The first kappa shape index (κ1) is 12.9. The topological polar surface area (TPSA) is 17.1 Å². The molecule has 1 nitrogen and oxygen atoms in total. The predicted molar refractivity (Wildman–Crippen MR) is 78.8 cm³/mol. The molecule has 2 aromatic rings. The third kappa shape index (κ3) is 2.65. The lowest BCUT2D eigenvalue weighted by Crippen LogP contribution is -2.02. The third-order valence-corrected chi connectivity index (χ3v) is 3.93. The molecule has 0 atom stereocenters. The Bertz CT molecular complexity index is 594. The number of benzene rings is 2. The highest BCUT2D eigenvalue weighted by Gasteiger charge is 2.13. The standard InChI is InChI=1S/C16H16OS/c1-11(2)12(3)16(17)18-15-10-6-8-13-7-4-5-9-14(13)15/h4-11H,3H2,1-2H3. The molecule has 0 heterocycles. The summed E-state index contributed by atoms with van der Waals surface area (Å²) in [5.74, 6) is 0.194. The van der Waals surface area contributed by atoms with Crippen LogP contribution >= 0.6 is 11.8 Å². The van der Waals surface area contributed by atoms with E-state index in [4.69, 9.17) is 0 Å². The molecule has 2 heteroatoms. The highest BCUT2D eigenvalue weighted by Crippen LogP contribution is 2.30. The average Bonchev–Trinajstić information content (AvgIpc) is 2.38. The minimum absolute atomic E-state index is 0.0568. The number of thioether (sulfide) groups is 1. The maximum Gasteiger partial charge on any atom is 0.219 e. The van der Waals surface area contributed by atoms with Crippen molar-refractivity contribution >= 4 is 27.6 Å². The Morgan fingerprint density at radius 3 is 2.50 bits per heavy atom. The first-order chi connectivity index (χ1) is 8.59. The molecule has 0 unspecified atom stereocenters. The summed E-state index contributed by atoms with van der Waals surface area (Å²) in [6, 6.07) is 14.1. The van der Waals surface area contributed by atoms with Crippen molar-refractivity contribution in [1.82, 2.24) is 0 Å². The van der Waals surface area contributed by atoms with Crippen molar-refractivity contribution in [2.75, 3.05) is 0 Å². The van der Waals surface area contributed by atoms with E-state index in [1.54, 1.807) is 0 Å². The molecule has 18 heavy (non-hydrogen) atoms. The molecule has 0 aliphatic carbocycles. The van der Waals surface area contributed by atoms with E-state index >= 15 is 0 Å². The average molecular weight is 256 g/mol. The lowest BCUT2D eigenvalue weighted by Gasteiger charge is -2.09. The van der Waals surface area contributed by atoms with Gasteiger partial charge in [-0.1, -0.05) is 56.8 Å². The molecule has 0 amide bonds. The number of rotatable bonds is 3. The van der Waals surface area contributed by atoms with Crippen molar-refractivity contribution in [1.29, 1.82) is 0 Å². The number of carbonyl (C=O) groups is 1. The molecule has 0 radical (unpaired) electrons. The van der Waals surface area contributed by atoms with Gasteiger partial charge in [0.2, 0.25) is 5.12 Å². The molecule has 0 saturated carbocycles. The van der Waals surface area contributed by atoms with Crippen molar-refractivity contribution in [2.24, 2.45) is 5.92 Å². The van der Waals surface area contributed by atoms with Crippen molar-refractivity contribution in [3.63, 3.8) is 0 Å². The maximum atomic E-state index is 12.1. The number of fused-ring (bicyclic) bond motifs is 1. The van der Waals surface area contributed by atoms with Gasteiger partial charge in [0.15, 0.2) is 0 Å². The van der Waals surface area contributed by atoms with Gasteiger partial charge in [-0.3, -0.25) is 4.79 Å². The monoisotopic (exact) mass is 256 g/mol. The Morgan fingerprint density at radius 1 is 1.11 bits per heavy atom. The maximum absolute atomic E-state index is 12.1. The van der Waals surface area contributed by atoms with E-state index in [0.717, 1.165) is 15.7 Å². The summed E-state index contributed by atoms with van der Waals surface area (Å²) in [5, 5.41) is 2.33. The number of hydrogen-bond acceptors (Lipinski definition) is 2. The van der Waals surface area contributed by atoms with E-state index in [2.05, 4.69) is 18.7 Å². The van der Waals surface area contributed by atoms with Crippen molar-refractivity contribution < 1.29 is 4.79 Å². The Balaban J connectivity index is 2.33. The van der Waals surface area contributed by atoms with E-state index < -0.39 is 0 Å². The van der Waals surface area contributed by atoms with Crippen LogP contribution < -0.4 is 0 Å². The molecule has 0 spiro atoms.